The van der Waals surface area contributed by atoms with E-state index in [-0.39, 0.29) is 5.75 Å². The average Bonchev–Trinajstić information content (AvgIpc) is 2.57. The molecule has 1 aromatic carbocycles. The van der Waals surface area contributed by atoms with E-state index >= 15 is 0 Å². The van der Waals surface area contributed by atoms with Crippen LogP contribution in [0.5, 0.6) is 5.75 Å². The van der Waals surface area contributed by atoms with Crippen molar-refractivity contribution in [3.63, 3.8) is 0 Å². The lowest BCUT2D eigenvalue weighted by Gasteiger charge is -2.39. The molecule has 2 rings (SSSR count). The second kappa shape index (κ2) is 8.75. The Labute approximate surface area is 141 Å². The van der Waals surface area contributed by atoms with Gasteiger partial charge in [-0.3, -0.25) is 0 Å². The molecule has 1 heterocycles. The van der Waals surface area contributed by atoms with E-state index < -0.39 is 37.3 Å². The van der Waals surface area contributed by atoms with Crippen molar-refractivity contribution in [1.29, 1.82) is 0 Å². The molecule has 0 spiro atoms. The summed E-state index contributed by atoms with van der Waals surface area (Å²) >= 11 is 0. The van der Waals surface area contributed by atoms with Gasteiger partial charge < -0.3 is 35.0 Å². The Morgan fingerprint density at radius 3 is 2.50 bits per heavy atom. The number of rotatable bonds is 7. The fourth-order valence-electron chi connectivity index (χ4n) is 2.71. The van der Waals surface area contributed by atoms with Crippen molar-refractivity contribution in [2.45, 2.75) is 56.9 Å². The summed E-state index contributed by atoms with van der Waals surface area (Å²) in [4.78, 5) is 0. The van der Waals surface area contributed by atoms with Crippen LogP contribution in [-0.4, -0.2) is 69.5 Å². The molecule has 1 fully saturated rings. The first-order valence-electron chi connectivity index (χ1n) is 8.14. The van der Waals surface area contributed by atoms with Crippen LogP contribution >= 0.6 is 0 Å². The first-order chi connectivity index (χ1) is 11.4. The molecule has 1 saturated heterocycles. The third-order valence-corrected chi connectivity index (χ3v) is 4.25. The Morgan fingerprint density at radius 1 is 1.08 bits per heavy atom. The number of unbranched alkanes of at least 4 members (excludes halogenated alkanes) is 1. The van der Waals surface area contributed by atoms with Crippen molar-refractivity contribution in [1.82, 2.24) is 0 Å². The van der Waals surface area contributed by atoms with E-state index in [1.54, 1.807) is 6.07 Å². The monoisotopic (exact) mass is 342 g/mol. The number of phenolic OH excluding ortho intramolecular Hbond substituents is 1. The highest BCUT2D eigenvalue weighted by molar-refractivity contribution is 5.34. The summed E-state index contributed by atoms with van der Waals surface area (Å²) in [5.74, 6) is 0.282. The maximum Gasteiger partial charge on any atom is 0.186 e. The van der Waals surface area contributed by atoms with E-state index in [4.69, 9.17) is 14.6 Å². The van der Waals surface area contributed by atoms with Gasteiger partial charge in [-0.15, -0.1) is 0 Å². The molecule has 1 aromatic rings. The van der Waals surface area contributed by atoms with E-state index in [2.05, 4.69) is 0 Å². The SMILES string of the molecule is Cc1cc(CCCCO[C@@H]2O[C@H](CO)[C@@H](O)[C@H](O)[C@H]2O)ccc1O. The second-order valence-electron chi connectivity index (χ2n) is 6.15. The molecule has 24 heavy (non-hydrogen) atoms. The van der Waals surface area contributed by atoms with E-state index in [1.807, 2.05) is 19.1 Å². The fraction of sp³-hybridized carbons (Fsp3) is 0.647. The zero-order valence-corrected chi connectivity index (χ0v) is 13.7. The van der Waals surface area contributed by atoms with Crippen molar-refractivity contribution in [2.75, 3.05) is 13.2 Å². The number of aliphatic hydroxyl groups excluding tert-OH is 4. The summed E-state index contributed by atoms with van der Waals surface area (Å²) in [5.41, 5.74) is 1.96. The van der Waals surface area contributed by atoms with E-state index in [9.17, 15) is 20.4 Å². The number of benzene rings is 1. The Balaban J connectivity index is 1.72. The van der Waals surface area contributed by atoms with Crippen molar-refractivity contribution in [3.05, 3.63) is 29.3 Å². The van der Waals surface area contributed by atoms with Crippen LogP contribution in [0, 0.1) is 6.92 Å². The van der Waals surface area contributed by atoms with Crippen LogP contribution < -0.4 is 0 Å². The highest BCUT2D eigenvalue weighted by Gasteiger charge is 2.43. The molecular formula is C17H26O7. The summed E-state index contributed by atoms with van der Waals surface area (Å²) in [7, 11) is 0. The molecule has 5 atom stereocenters. The first kappa shape index (κ1) is 19.1. The van der Waals surface area contributed by atoms with Crippen molar-refractivity contribution in [3.8, 4) is 5.75 Å². The Hall–Kier alpha value is -1.22. The summed E-state index contributed by atoms with van der Waals surface area (Å²) in [6.07, 6.45) is -3.77. The molecule has 0 bridgehead atoms. The van der Waals surface area contributed by atoms with Gasteiger partial charge in [-0.1, -0.05) is 12.1 Å². The molecule has 136 valence electrons. The third kappa shape index (κ3) is 4.66. The number of aromatic hydroxyl groups is 1. The van der Waals surface area contributed by atoms with E-state index in [1.165, 1.54) is 0 Å². The van der Waals surface area contributed by atoms with Gasteiger partial charge in [-0.2, -0.15) is 0 Å². The average molecular weight is 342 g/mol. The van der Waals surface area contributed by atoms with Crippen LogP contribution in [0.1, 0.15) is 24.0 Å². The Morgan fingerprint density at radius 2 is 1.83 bits per heavy atom. The Bertz CT molecular complexity index is 520. The minimum Gasteiger partial charge on any atom is -0.508 e. The lowest BCUT2D eigenvalue weighted by atomic mass is 9.99. The molecular weight excluding hydrogens is 316 g/mol. The molecule has 0 aromatic heterocycles. The van der Waals surface area contributed by atoms with Crippen LogP contribution in [-0.2, 0) is 15.9 Å². The van der Waals surface area contributed by atoms with Crippen LogP contribution in [0.2, 0.25) is 0 Å². The van der Waals surface area contributed by atoms with Crippen LogP contribution in [0.4, 0.5) is 0 Å². The molecule has 0 radical (unpaired) electrons. The van der Waals surface area contributed by atoms with Gasteiger partial charge in [0.1, 0.15) is 30.2 Å². The van der Waals surface area contributed by atoms with Crippen LogP contribution in [0.3, 0.4) is 0 Å². The highest BCUT2D eigenvalue weighted by atomic mass is 16.7. The molecule has 1 aliphatic heterocycles. The second-order valence-corrected chi connectivity index (χ2v) is 6.15. The minimum absolute atomic E-state index is 0.282. The van der Waals surface area contributed by atoms with Gasteiger partial charge in [0.05, 0.1) is 6.61 Å². The predicted molar refractivity (Wildman–Crippen MR) is 85.5 cm³/mol. The number of ether oxygens (including phenoxy) is 2. The fourth-order valence-corrected chi connectivity index (χ4v) is 2.71. The van der Waals surface area contributed by atoms with Crippen molar-refractivity contribution < 1.29 is 35.0 Å². The topological polar surface area (TPSA) is 120 Å². The number of hydrogen-bond acceptors (Lipinski definition) is 7. The molecule has 0 unspecified atom stereocenters. The number of hydrogen-bond donors (Lipinski definition) is 5. The summed E-state index contributed by atoms with van der Waals surface area (Å²) in [6, 6.07) is 5.49. The zero-order valence-electron chi connectivity index (χ0n) is 13.7. The maximum atomic E-state index is 9.85. The van der Waals surface area contributed by atoms with Crippen molar-refractivity contribution in [2.24, 2.45) is 0 Å². The lowest BCUT2D eigenvalue weighted by molar-refractivity contribution is -0.301. The largest absolute Gasteiger partial charge is 0.508 e. The quantitative estimate of drug-likeness (QED) is 0.437. The standard InChI is InChI=1S/C17H26O7/c1-10-8-11(5-6-12(10)19)4-2-3-7-23-17-16(22)15(21)14(20)13(9-18)24-17/h5-6,8,13-22H,2-4,7,9H2,1H3/t13-,14-,15+,16-,17-/m1/s1. The maximum absolute atomic E-state index is 9.85. The van der Waals surface area contributed by atoms with Crippen LogP contribution in [0.15, 0.2) is 18.2 Å². The number of aryl methyl sites for hydroxylation is 2. The molecule has 5 N–H and O–H groups in total. The lowest BCUT2D eigenvalue weighted by Crippen LogP contribution is -2.59. The summed E-state index contributed by atoms with van der Waals surface area (Å²) < 4.78 is 10.7. The Kier molecular flexibility index (Phi) is 6.97. The smallest absolute Gasteiger partial charge is 0.186 e. The molecule has 1 aliphatic rings. The summed E-state index contributed by atoms with van der Waals surface area (Å²) in [6.45, 7) is 1.70. The highest BCUT2D eigenvalue weighted by Crippen LogP contribution is 2.22. The van der Waals surface area contributed by atoms with Crippen LogP contribution in [0.25, 0.3) is 0 Å². The van der Waals surface area contributed by atoms with Gasteiger partial charge in [0.15, 0.2) is 6.29 Å². The van der Waals surface area contributed by atoms with Gasteiger partial charge in [-0.05, 0) is 43.4 Å². The predicted octanol–water partition coefficient (Wildman–Crippen LogP) is -0.160. The molecule has 0 aliphatic carbocycles. The van der Waals surface area contributed by atoms with Gasteiger partial charge >= 0.3 is 0 Å². The number of phenols is 1. The van der Waals surface area contributed by atoms with Gasteiger partial charge in [0.2, 0.25) is 0 Å². The van der Waals surface area contributed by atoms with E-state index in [0.717, 1.165) is 30.4 Å². The molecule has 0 saturated carbocycles. The van der Waals surface area contributed by atoms with Crippen molar-refractivity contribution >= 4 is 0 Å². The molecule has 7 heteroatoms. The van der Waals surface area contributed by atoms with Gasteiger partial charge in [0.25, 0.3) is 0 Å². The molecule has 0 amide bonds. The van der Waals surface area contributed by atoms with E-state index in [0.29, 0.717) is 6.61 Å². The zero-order chi connectivity index (χ0) is 17.7. The molecule has 7 nitrogen and oxygen atoms in total. The normalized spacial score (nSPS) is 30.5. The third-order valence-electron chi connectivity index (χ3n) is 4.25. The van der Waals surface area contributed by atoms with Gasteiger partial charge in [0, 0.05) is 6.61 Å². The minimum atomic E-state index is -1.42. The number of aliphatic hydroxyl groups is 4. The summed E-state index contributed by atoms with van der Waals surface area (Å²) in [5, 5.41) is 47.8. The van der Waals surface area contributed by atoms with Gasteiger partial charge in [-0.25, -0.2) is 0 Å². The first-order valence-corrected chi connectivity index (χ1v) is 8.14.